The predicted molar refractivity (Wildman–Crippen MR) is 94.4 cm³/mol. The van der Waals surface area contributed by atoms with Crippen LogP contribution in [0.4, 0.5) is 5.69 Å². The van der Waals surface area contributed by atoms with Crippen molar-refractivity contribution in [2.24, 2.45) is 21.5 Å². The second-order valence-electron chi connectivity index (χ2n) is 7.38. The standard InChI is InChI=1S/C16H19N7O5/c17-8-3-1-7(2-4-8)12(25)28-10-5-22-13(18)20-9(6-24)11-15(22)16(10,26)23(15,27)14(19)21-11/h1-4,9-11,24,26-27H,5-6H2,(H5-,17,18,19,20,21,25)/p+1. The van der Waals surface area contributed by atoms with Crippen molar-refractivity contribution in [3.63, 3.8) is 0 Å². The minimum atomic E-state index is -1.99. The number of ether oxygens (including phenoxy) is 1. The molecule has 0 aliphatic carbocycles. The summed E-state index contributed by atoms with van der Waals surface area (Å²) in [5.41, 5.74) is 14.8. The van der Waals surface area contributed by atoms with Crippen LogP contribution in [0.2, 0.25) is 0 Å². The van der Waals surface area contributed by atoms with Gasteiger partial charge in [-0.05, 0) is 28.9 Å². The Bertz CT molecular complexity index is 951. The number of anilines is 1. The molecule has 1 aromatic carbocycles. The normalized spacial score (nSPS) is 42.4. The lowest BCUT2D eigenvalue weighted by atomic mass is 9.95. The lowest BCUT2D eigenvalue weighted by Crippen LogP contribution is -2.62. The van der Waals surface area contributed by atoms with E-state index in [4.69, 9.17) is 21.9 Å². The number of rotatable bonds is 3. The molecule has 2 fully saturated rings. The third-order valence-corrected chi connectivity index (χ3v) is 6.22. The van der Waals surface area contributed by atoms with Crippen molar-refractivity contribution in [3.8, 4) is 0 Å². The van der Waals surface area contributed by atoms with E-state index in [0.29, 0.717) is 5.69 Å². The van der Waals surface area contributed by atoms with Gasteiger partial charge in [-0.3, -0.25) is 4.90 Å². The van der Waals surface area contributed by atoms with Gasteiger partial charge in [-0.1, -0.05) is 0 Å². The number of nitrogens with two attached hydrogens (primary N) is 3. The number of guanidine groups is 2. The van der Waals surface area contributed by atoms with Gasteiger partial charge in [0.25, 0.3) is 0 Å². The van der Waals surface area contributed by atoms with E-state index in [1.54, 1.807) is 12.1 Å². The highest BCUT2D eigenvalue weighted by atomic mass is 16.7. The van der Waals surface area contributed by atoms with Crippen LogP contribution < -0.4 is 17.2 Å². The van der Waals surface area contributed by atoms with Crippen molar-refractivity contribution in [3.05, 3.63) is 29.8 Å². The van der Waals surface area contributed by atoms with E-state index in [0.717, 1.165) is 0 Å². The molecule has 12 heteroatoms. The van der Waals surface area contributed by atoms with Crippen molar-refractivity contribution in [1.82, 2.24) is 4.90 Å². The molecule has 6 unspecified atom stereocenters. The van der Waals surface area contributed by atoms with Gasteiger partial charge < -0.3 is 32.2 Å². The van der Waals surface area contributed by atoms with Crippen LogP contribution in [-0.2, 0) is 4.74 Å². The number of hydroxylamine groups is 3. The molecule has 4 aliphatic rings. The van der Waals surface area contributed by atoms with Crippen molar-refractivity contribution in [2.45, 2.75) is 29.6 Å². The van der Waals surface area contributed by atoms with E-state index in [1.807, 2.05) is 0 Å². The van der Waals surface area contributed by atoms with E-state index in [9.17, 15) is 20.2 Å². The number of aliphatic hydroxyl groups excluding tert-OH is 1. The predicted octanol–water partition coefficient (Wildman–Crippen LogP) is -2.90. The third kappa shape index (κ3) is 1.52. The highest BCUT2D eigenvalue weighted by Crippen LogP contribution is 2.71. The molecule has 1 spiro atoms. The Morgan fingerprint density at radius 1 is 1.29 bits per heavy atom. The van der Waals surface area contributed by atoms with Gasteiger partial charge in [-0.2, -0.15) is 4.99 Å². The Kier molecular flexibility index (Phi) is 3.02. The van der Waals surface area contributed by atoms with Crippen LogP contribution in [0.5, 0.6) is 0 Å². The molecule has 2 saturated heterocycles. The van der Waals surface area contributed by atoms with Crippen molar-refractivity contribution in [2.75, 3.05) is 18.9 Å². The highest BCUT2D eigenvalue weighted by molar-refractivity contribution is 5.91. The molecule has 0 saturated carbocycles. The number of carbonyl (C=O) groups excluding carboxylic acids is 1. The number of aliphatic imine (C=N–C) groups is 2. The Balaban J connectivity index is 1.53. The van der Waals surface area contributed by atoms with Gasteiger partial charge >= 0.3 is 23.3 Å². The lowest BCUT2D eigenvalue weighted by Gasteiger charge is -2.34. The monoisotopic (exact) mass is 390 g/mol. The fraction of sp³-hybridized carbons (Fsp3) is 0.438. The van der Waals surface area contributed by atoms with Crippen molar-refractivity contribution in [1.29, 1.82) is 0 Å². The number of nitrogens with zero attached hydrogens (tertiary/aromatic N) is 4. The van der Waals surface area contributed by atoms with Gasteiger partial charge in [0.15, 0.2) is 12.0 Å². The summed E-state index contributed by atoms with van der Waals surface area (Å²) in [6.45, 7) is -0.408. The molecule has 148 valence electrons. The first-order valence-electron chi connectivity index (χ1n) is 8.70. The third-order valence-electron chi connectivity index (χ3n) is 6.22. The number of quaternary nitrogens is 1. The van der Waals surface area contributed by atoms with Crippen molar-refractivity contribution >= 4 is 23.6 Å². The zero-order valence-electron chi connectivity index (χ0n) is 14.6. The van der Waals surface area contributed by atoms with Crippen LogP contribution in [0.1, 0.15) is 10.4 Å². The van der Waals surface area contributed by atoms with Gasteiger partial charge in [0.05, 0.1) is 18.7 Å². The van der Waals surface area contributed by atoms with E-state index in [2.05, 4.69) is 9.98 Å². The second-order valence-corrected chi connectivity index (χ2v) is 7.38. The van der Waals surface area contributed by atoms with Crippen LogP contribution in [0.15, 0.2) is 34.3 Å². The van der Waals surface area contributed by atoms with Crippen molar-refractivity contribution < 1.29 is 29.6 Å². The fourth-order valence-corrected chi connectivity index (χ4v) is 4.99. The Hall–Kier alpha value is -2.93. The molecular formula is C16H20N7O5+. The molecule has 0 bridgehead atoms. The van der Waals surface area contributed by atoms with Gasteiger partial charge in [0.1, 0.15) is 6.04 Å². The zero-order chi connectivity index (χ0) is 20.1. The molecular weight excluding hydrogens is 370 g/mol. The summed E-state index contributed by atoms with van der Waals surface area (Å²) in [5, 5.41) is 32.3. The summed E-state index contributed by atoms with van der Waals surface area (Å²) in [7, 11) is 0. The van der Waals surface area contributed by atoms with Crippen LogP contribution in [0, 0.1) is 0 Å². The maximum Gasteiger partial charge on any atom is 0.362 e. The number of aliphatic hydroxyl groups is 2. The van der Waals surface area contributed by atoms with E-state index < -0.39 is 46.8 Å². The Labute approximate surface area is 158 Å². The first-order valence-corrected chi connectivity index (χ1v) is 8.70. The maximum atomic E-state index is 12.6. The molecule has 0 amide bonds. The number of hydrogen-bond donors (Lipinski definition) is 6. The molecule has 5 rings (SSSR count). The van der Waals surface area contributed by atoms with Gasteiger partial charge in [0.2, 0.25) is 6.10 Å². The Morgan fingerprint density at radius 2 is 1.96 bits per heavy atom. The molecule has 9 N–H and O–H groups in total. The summed E-state index contributed by atoms with van der Waals surface area (Å²) in [4.78, 5) is 22.4. The molecule has 28 heavy (non-hydrogen) atoms. The molecule has 12 nitrogen and oxygen atoms in total. The molecule has 6 atom stereocenters. The quantitative estimate of drug-likeness (QED) is 0.136. The average Bonchev–Trinajstić information content (AvgIpc) is 2.87. The highest BCUT2D eigenvalue weighted by Gasteiger charge is 3.10. The summed E-state index contributed by atoms with van der Waals surface area (Å²) >= 11 is 0. The van der Waals surface area contributed by atoms with Gasteiger partial charge in [-0.15, -0.1) is 0 Å². The van der Waals surface area contributed by atoms with E-state index in [1.165, 1.54) is 17.0 Å². The van der Waals surface area contributed by atoms with Gasteiger partial charge in [-0.25, -0.2) is 15.0 Å². The van der Waals surface area contributed by atoms with Crippen LogP contribution in [-0.4, -0.2) is 85.6 Å². The first-order chi connectivity index (χ1) is 13.2. The first kappa shape index (κ1) is 17.2. The number of carbonyl (C=O) groups is 1. The molecule has 0 aromatic heterocycles. The number of nitrogen functional groups attached to an aromatic ring is 1. The van der Waals surface area contributed by atoms with E-state index >= 15 is 0 Å². The lowest BCUT2D eigenvalue weighted by molar-refractivity contribution is -0.986. The average molecular weight is 390 g/mol. The Morgan fingerprint density at radius 3 is 2.61 bits per heavy atom. The van der Waals surface area contributed by atoms with E-state index in [-0.39, 0.29) is 24.0 Å². The topological polar surface area (TPSA) is 193 Å². The smallest absolute Gasteiger partial charge is 0.362 e. The number of fused-ring (bicyclic) bond motifs is 1. The maximum absolute atomic E-state index is 12.6. The second kappa shape index (κ2) is 4.91. The molecule has 1 aromatic rings. The zero-order valence-corrected chi connectivity index (χ0v) is 14.6. The van der Waals surface area contributed by atoms with Crippen LogP contribution >= 0.6 is 0 Å². The van der Waals surface area contributed by atoms with Gasteiger partial charge in [0, 0.05) is 5.69 Å². The largest absolute Gasteiger partial charge is 0.447 e. The minimum Gasteiger partial charge on any atom is -0.447 e. The molecule has 4 heterocycles. The summed E-state index contributed by atoms with van der Waals surface area (Å²) in [5.74, 6) is -0.957. The number of esters is 1. The summed E-state index contributed by atoms with van der Waals surface area (Å²) < 4.78 is 4.39. The van der Waals surface area contributed by atoms with Crippen LogP contribution in [0.3, 0.4) is 0 Å². The van der Waals surface area contributed by atoms with Crippen LogP contribution in [0.25, 0.3) is 0 Å². The summed E-state index contributed by atoms with van der Waals surface area (Å²) in [6.07, 6.45) is -1.16. The SMILES string of the molecule is NC1=NC(CO)C2N=C(N)[N+]3(O)C4(O)C(OC(=O)c5ccc(N)cc5)CN1C243. The number of hydrogen-bond acceptors (Lipinski definition) is 11. The summed E-state index contributed by atoms with van der Waals surface area (Å²) in [6, 6.07) is 4.46. The minimum absolute atomic E-state index is 0.00120. The molecule has 0 radical (unpaired) electrons. The fourth-order valence-electron chi connectivity index (χ4n) is 4.99. The number of benzene rings is 1. The molecule has 4 aliphatic heterocycles.